The van der Waals surface area contributed by atoms with Crippen molar-refractivity contribution in [1.82, 2.24) is 24.8 Å². The van der Waals surface area contributed by atoms with E-state index in [0.29, 0.717) is 6.04 Å². The van der Waals surface area contributed by atoms with Crippen LogP contribution in [0.4, 0.5) is 0 Å². The van der Waals surface area contributed by atoms with Gasteiger partial charge in [0, 0.05) is 19.1 Å². The predicted molar refractivity (Wildman–Crippen MR) is 74.9 cm³/mol. The second-order valence-corrected chi connectivity index (χ2v) is 5.11. The number of nitrogens with zero attached hydrogens (tertiary/aromatic N) is 5. The number of carboxylic acids is 1. The summed E-state index contributed by atoms with van der Waals surface area (Å²) in [6, 6.07) is 0.411. The van der Waals surface area contributed by atoms with Gasteiger partial charge < -0.3 is 10.0 Å². The lowest BCUT2D eigenvalue weighted by Gasteiger charge is -2.26. The van der Waals surface area contributed by atoms with E-state index in [1.54, 1.807) is 0 Å². The number of aromatic nitrogens is 3. The fraction of sp³-hybridized carbons (Fsp3) is 0.692. The van der Waals surface area contributed by atoms with Gasteiger partial charge in [-0.05, 0) is 19.5 Å². The first-order valence-electron chi connectivity index (χ1n) is 7.20. The highest BCUT2D eigenvalue weighted by Gasteiger charge is 2.29. The number of rotatable bonds is 6. The first kappa shape index (κ1) is 15.4. The smallest absolute Gasteiger partial charge is 0.358 e. The van der Waals surface area contributed by atoms with Gasteiger partial charge in [-0.15, -0.1) is 5.10 Å². The van der Waals surface area contributed by atoms with Gasteiger partial charge in [0.15, 0.2) is 5.69 Å². The van der Waals surface area contributed by atoms with Crippen molar-refractivity contribution < 1.29 is 14.7 Å². The Morgan fingerprint density at radius 3 is 2.71 bits per heavy atom. The Morgan fingerprint density at radius 1 is 1.43 bits per heavy atom. The van der Waals surface area contributed by atoms with Crippen LogP contribution in [0.3, 0.4) is 0 Å². The third kappa shape index (κ3) is 3.57. The van der Waals surface area contributed by atoms with Gasteiger partial charge in [0.2, 0.25) is 5.91 Å². The van der Waals surface area contributed by atoms with Crippen molar-refractivity contribution >= 4 is 11.9 Å². The fourth-order valence-electron chi connectivity index (χ4n) is 2.72. The molecule has 1 aromatic rings. The Labute approximate surface area is 123 Å². The Balaban J connectivity index is 1.90. The number of amides is 1. The zero-order valence-electron chi connectivity index (χ0n) is 12.4. The van der Waals surface area contributed by atoms with Crippen molar-refractivity contribution in [3.05, 3.63) is 11.9 Å². The van der Waals surface area contributed by atoms with Gasteiger partial charge in [0.05, 0.1) is 6.20 Å². The fourth-order valence-corrected chi connectivity index (χ4v) is 2.72. The van der Waals surface area contributed by atoms with E-state index >= 15 is 0 Å². The molecule has 0 saturated carbocycles. The molecule has 1 aliphatic heterocycles. The quantitative estimate of drug-likeness (QED) is 0.789. The predicted octanol–water partition coefficient (Wildman–Crippen LogP) is -0.0810. The molecule has 0 aromatic carbocycles. The van der Waals surface area contributed by atoms with Gasteiger partial charge >= 0.3 is 5.97 Å². The van der Waals surface area contributed by atoms with Crippen LogP contribution < -0.4 is 0 Å². The Morgan fingerprint density at radius 2 is 2.14 bits per heavy atom. The average molecular weight is 295 g/mol. The minimum Gasteiger partial charge on any atom is -0.476 e. The molecule has 1 saturated heterocycles. The number of hydrogen-bond acceptors (Lipinski definition) is 5. The molecular formula is C13H21N5O3. The lowest BCUT2D eigenvalue weighted by Crippen LogP contribution is -2.39. The van der Waals surface area contributed by atoms with Crippen molar-refractivity contribution in [3.63, 3.8) is 0 Å². The highest BCUT2D eigenvalue weighted by molar-refractivity contribution is 5.84. The largest absolute Gasteiger partial charge is 0.476 e. The summed E-state index contributed by atoms with van der Waals surface area (Å²) in [6.07, 6.45) is 2.25. The van der Waals surface area contributed by atoms with Gasteiger partial charge in [-0.3, -0.25) is 9.69 Å². The molecule has 2 rings (SSSR count). The van der Waals surface area contributed by atoms with E-state index in [4.69, 9.17) is 5.11 Å². The number of carbonyl (C=O) groups is 2. The number of hydrogen-bond donors (Lipinski definition) is 1. The maximum absolute atomic E-state index is 12.2. The minimum absolute atomic E-state index is 0.0330. The van der Waals surface area contributed by atoms with E-state index in [1.165, 1.54) is 10.9 Å². The summed E-state index contributed by atoms with van der Waals surface area (Å²) in [4.78, 5) is 27.1. The molecule has 1 atom stereocenters. The summed E-state index contributed by atoms with van der Waals surface area (Å²) in [6.45, 7) is 7.70. The van der Waals surface area contributed by atoms with Crippen LogP contribution in [0.25, 0.3) is 0 Å². The molecule has 0 spiro atoms. The zero-order chi connectivity index (χ0) is 15.4. The zero-order valence-corrected chi connectivity index (χ0v) is 12.4. The first-order chi connectivity index (χ1) is 10.0. The third-order valence-corrected chi connectivity index (χ3v) is 3.90. The van der Waals surface area contributed by atoms with E-state index in [-0.39, 0.29) is 18.1 Å². The van der Waals surface area contributed by atoms with E-state index in [2.05, 4.69) is 29.1 Å². The van der Waals surface area contributed by atoms with Crippen LogP contribution in [0.2, 0.25) is 0 Å². The Kier molecular flexibility index (Phi) is 4.89. The molecule has 1 fully saturated rings. The van der Waals surface area contributed by atoms with Crippen LogP contribution >= 0.6 is 0 Å². The molecule has 1 aliphatic rings. The molecule has 0 aliphatic carbocycles. The number of carbonyl (C=O) groups excluding carboxylic acids is 1. The summed E-state index contributed by atoms with van der Waals surface area (Å²) in [5.74, 6) is -1.19. The number of carboxylic acid groups (broad SMARTS) is 1. The van der Waals surface area contributed by atoms with Crippen LogP contribution in [-0.2, 0) is 11.3 Å². The van der Waals surface area contributed by atoms with E-state index in [9.17, 15) is 9.59 Å². The Hall–Kier alpha value is -1.96. The van der Waals surface area contributed by atoms with E-state index in [0.717, 1.165) is 32.6 Å². The summed E-state index contributed by atoms with van der Waals surface area (Å²) in [7, 11) is 0. The average Bonchev–Trinajstić information content (AvgIpc) is 3.09. The lowest BCUT2D eigenvalue weighted by molar-refractivity contribution is -0.131. The second-order valence-electron chi connectivity index (χ2n) is 5.11. The molecule has 1 unspecified atom stereocenters. The summed E-state index contributed by atoms with van der Waals surface area (Å²) in [5, 5.41) is 15.9. The number of likely N-dealkylation sites (N-methyl/N-ethyl adjacent to an activating group) is 1. The van der Waals surface area contributed by atoms with Crippen molar-refractivity contribution in [2.24, 2.45) is 0 Å². The minimum atomic E-state index is -1.14. The first-order valence-corrected chi connectivity index (χ1v) is 7.20. The molecule has 1 amide bonds. The molecule has 0 bridgehead atoms. The van der Waals surface area contributed by atoms with Gasteiger partial charge in [0.25, 0.3) is 0 Å². The van der Waals surface area contributed by atoms with Gasteiger partial charge in [0.1, 0.15) is 6.54 Å². The molecule has 8 nitrogen and oxygen atoms in total. The third-order valence-electron chi connectivity index (χ3n) is 3.90. The maximum atomic E-state index is 12.2. The second kappa shape index (κ2) is 6.66. The van der Waals surface area contributed by atoms with Gasteiger partial charge in [-0.1, -0.05) is 19.1 Å². The molecular weight excluding hydrogens is 274 g/mol. The Bertz CT molecular complexity index is 512. The van der Waals surface area contributed by atoms with Crippen LogP contribution in [0.5, 0.6) is 0 Å². The van der Waals surface area contributed by atoms with Crippen molar-refractivity contribution in [1.29, 1.82) is 0 Å². The lowest BCUT2D eigenvalue weighted by atomic mass is 10.2. The standard InChI is InChI=1S/C13H21N5O3/c1-3-16(4-2)10-5-6-17(7-10)12(19)9-18-8-11(13(20)21)14-15-18/h8,10H,3-7,9H2,1-2H3,(H,20,21). The topological polar surface area (TPSA) is 91.6 Å². The van der Waals surface area contributed by atoms with E-state index < -0.39 is 5.97 Å². The molecule has 2 heterocycles. The highest BCUT2D eigenvalue weighted by atomic mass is 16.4. The molecule has 0 radical (unpaired) electrons. The molecule has 116 valence electrons. The van der Waals surface area contributed by atoms with E-state index in [1.807, 2.05) is 4.90 Å². The number of likely N-dealkylation sites (tertiary alicyclic amines) is 1. The highest BCUT2D eigenvalue weighted by Crippen LogP contribution is 2.15. The van der Waals surface area contributed by atoms with Crippen LogP contribution in [-0.4, -0.2) is 74.0 Å². The molecule has 1 aromatic heterocycles. The normalized spacial score (nSPS) is 18.4. The van der Waals surface area contributed by atoms with Crippen LogP contribution in [0, 0.1) is 0 Å². The SMILES string of the molecule is CCN(CC)C1CCN(C(=O)Cn2cc(C(=O)O)nn2)C1. The van der Waals surface area contributed by atoms with Crippen molar-refractivity contribution in [2.45, 2.75) is 32.9 Å². The summed E-state index contributed by atoms with van der Waals surface area (Å²) >= 11 is 0. The van der Waals surface area contributed by atoms with Crippen molar-refractivity contribution in [2.75, 3.05) is 26.2 Å². The summed E-state index contributed by atoms with van der Waals surface area (Å²) < 4.78 is 1.27. The van der Waals surface area contributed by atoms with Crippen LogP contribution in [0.15, 0.2) is 6.20 Å². The van der Waals surface area contributed by atoms with Crippen molar-refractivity contribution in [3.8, 4) is 0 Å². The van der Waals surface area contributed by atoms with Gasteiger partial charge in [-0.25, -0.2) is 9.48 Å². The summed E-state index contributed by atoms with van der Waals surface area (Å²) in [5.41, 5.74) is -0.148. The van der Waals surface area contributed by atoms with Gasteiger partial charge in [-0.2, -0.15) is 0 Å². The van der Waals surface area contributed by atoms with Crippen LogP contribution in [0.1, 0.15) is 30.8 Å². The molecule has 1 N–H and O–H groups in total. The molecule has 8 heteroatoms. The number of aromatic carboxylic acids is 1. The monoisotopic (exact) mass is 295 g/mol. The maximum Gasteiger partial charge on any atom is 0.358 e. The molecule has 21 heavy (non-hydrogen) atoms.